The maximum atomic E-state index is 11.9. The summed E-state index contributed by atoms with van der Waals surface area (Å²) in [6.07, 6.45) is 0. The van der Waals surface area contributed by atoms with E-state index in [1.165, 1.54) is 11.5 Å². The molecule has 2 heterocycles. The summed E-state index contributed by atoms with van der Waals surface area (Å²) in [7, 11) is 0. The molecule has 1 unspecified atom stereocenters. The second-order valence-electron chi connectivity index (χ2n) is 4.22. The van der Waals surface area contributed by atoms with Gasteiger partial charge in [0.25, 0.3) is 5.78 Å². The summed E-state index contributed by atoms with van der Waals surface area (Å²) in [6, 6.07) is 9.04. The van der Waals surface area contributed by atoms with Crippen LogP contribution in [0.3, 0.4) is 0 Å². The van der Waals surface area contributed by atoms with Crippen molar-refractivity contribution in [1.82, 2.24) is 4.57 Å². The molecule has 0 amide bonds. The van der Waals surface area contributed by atoms with Gasteiger partial charge >= 0.3 is 5.71 Å². The van der Waals surface area contributed by atoms with Crippen LogP contribution >= 0.6 is 0 Å². The SMILES string of the molecule is CC1(O)C(=[N+]=[N-])C(=O)c2cc3ccccc3n21. The Morgan fingerprint density at radius 1 is 1.41 bits per heavy atom. The predicted molar refractivity (Wildman–Crippen MR) is 60.8 cm³/mol. The van der Waals surface area contributed by atoms with Crippen LogP contribution in [0.25, 0.3) is 16.4 Å². The van der Waals surface area contributed by atoms with E-state index in [2.05, 4.69) is 4.79 Å². The van der Waals surface area contributed by atoms with Crippen LogP contribution in [0.15, 0.2) is 30.3 Å². The average molecular weight is 227 g/mol. The Morgan fingerprint density at radius 3 is 2.82 bits per heavy atom. The smallest absolute Gasteiger partial charge is 0.361 e. The van der Waals surface area contributed by atoms with Crippen LogP contribution in [-0.2, 0) is 5.72 Å². The minimum Gasteiger partial charge on any atom is -0.361 e. The van der Waals surface area contributed by atoms with Gasteiger partial charge < -0.3 is 10.6 Å². The second kappa shape index (κ2) is 2.91. The van der Waals surface area contributed by atoms with E-state index < -0.39 is 11.5 Å². The first-order valence-electron chi connectivity index (χ1n) is 5.18. The fraction of sp³-hybridized carbons (Fsp3) is 0.167. The fourth-order valence-corrected chi connectivity index (χ4v) is 2.37. The number of aliphatic hydroxyl groups is 1. The Labute approximate surface area is 96.5 Å². The fourth-order valence-electron chi connectivity index (χ4n) is 2.37. The summed E-state index contributed by atoms with van der Waals surface area (Å²) in [4.78, 5) is 14.9. The second-order valence-corrected chi connectivity index (χ2v) is 4.22. The Morgan fingerprint density at radius 2 is 2.12 bits per heavy atom. The van der Waals surface area contributed by atoms with E-state index in [-0.39, 0.29) is 5.71 Å². The molecule has 5 nitrogen and oxygen atoms in total. The summed E-state index contributed by atoms with van der Waals surface area (Å²) >= 11 is 0. The normalized spacial score (nSPS) is 22.9. The molecule has 0 aliphatic carbocycles. The molecule has 1 N–H and O–H groups in total. The Balaban J connectivity index is 2.48. The summed E-state index contributed by atoms with van der Waals surface area (Å²) in [6.45, 7) is 1.43. The molecular formula is C12H9N3O2. The first-order valence-corrected chi connectivity index (χ1v) is 5.18. The summed E-state index contributed by atoms with van der Waals surface area (Å²) in [5.41, 5.74) is 8.04. The van der Waals surface area contributed by atoms with Gasteiger partial charge in [-0.05, 0) is 19.1 Å². The minimum absolute atomic E-state index is 0.252. The van der Waals surface area contributed by atoms with E-state index >= 15 is 0 Å². The monoisotopic (exact) mass is 227 g/mol. The number of Topliss-reactive ketones (excluding diaryl/α,β-unsaturated/α-hetero) is 1. The number of ketones is 1. The van der Waals surface area contributed by atoms with Gasteiger partial charge in [-0.2, -0.15) is 4.79 Å². The third-order valence-corrected chi connectivity index (χ3v) is 3.14. The number of fused-ring (bicyclic) bond motifs is 3. The van der Waals surface area contributed by atoms with Gasteiger partial charge in [-0.25, -0.2) is 0 Å². The van der Waals surface area contributed by atoms with Gasteiger partial charge in [-0.15, -0.1) is 0 Å². The van der Waals surface area contributed by atoms with E-state index in [1.54, 1.807) is 12.1 Å². The number of aromatic nitrogens is 1. The Hall–Kier alpha value is -2.23. The molecule has 3 rings (SSSR count). The maximum Gasteiger partial charge on any atom is 0.392 e. The van der Waals surface area contributed by atoms with E-state index in [0.717, 1.165) is 10.9 Å². The van der Waals surface area contributed by atoms with Gasteiger partial charge in [0.1, 0.15) is 5.69 Å². The number of rotatable bonds is 0. The quantitative estimate of drug-likeness (QED) is 0.541. The van der Waals surface area contributed by atoms with Crippen molar-refractivity contribution in [3.8, 4) is 0 Å². The number of hydrogen-bond acceptors (Lipinski definition) is 2. The molecule has 0 spiro atoms. The first kappa shape index (κ1) is 9.96. The standard InChI is InChI=1S/C12H9N3O2/c1-12(17)11(14-13)10(16)9-6-7-4-2-3-5-8(7)15(9)12/h2-6,17H,1H3. The van der Waals surface area contributed by atoms with Crippen molar-refractivity contribution in [2.45, 2.75) is 12.6 Å². The highest BCUT2D eigenvalue weighted by molar-refractivity contribution is 6.48. The molecule has 1 aromatic carbocycles. The highest BCUT2D eigenvalue weighted by Gasteiger charge is 2.52. The molecule has 1 aromatic heterocycles. The van der Waals surface area contributed by atoms with Gasteiger partial charge in [0.2, 0.25) is 5.72 Å². The summed E-state index contributed by atoms with van der Waals surface area (Å²) in [5, 5.41) is 11.2. The van der Waals surface area contributed by atoms with Gasteiger partial charge in [-0.3, -0.25) is 9.36 Å². The molecule has 84 valence electrons. The molecule has 5 heteroatoms. The number of nitrogens with zero attached hydrogens (tertiary/aromatic N) is 3. The highest BCUT2D eigenvalue weighted by atomic mass is 16.3. The zero-order valence-corrected chi connectivity index (χ0v) is 9.08. The lowest BCUT2D eigenvalue weighted by molar-refractivity contribution is -0.0494. The van der Waals surface area contributed by atoms with Crippen molar-refractivity contribution in [2.24, 2.45) is 0 Å². The van der Waals surface area contributed by atoms with Crippen molar-refractivity contribution in [3.05, 3.63) is 41.6 Å². The average Bonchev–Trinajstić information content (AvgIpc) is 2.75. The first-order chi connectivity index (χ1) is 8.07. The van der Waals surface area contributed by atoms with Crippen LogP contribution in [-0.4, -0.2) is 26.0 Å². The van der Waals surface area contributed by atoms with Gasteiger partial charge in [0, 0.05) is 5.39 Å². The molecular weight excluding hydrogens is 218 g/mol. The van der Waals surface area contributed by atoms with Crippen LogP contribution in [0.4, 0.5) is 0 Å². The number of para-hydroxylation sites is 1. The lowest BCUT2D eigenvalue weighted by Crippen LogP contribution is -2.35. The van der Waals surface area contributed by atoms with E-state index in [0.29, 0.717) is 5.69 Å². The van der Waals surface area contributed by atoms with Crippen LogP contribution < -0.4 is 0 Å². The topological polar surface area (TPSA) is 78.6 Å². The lowest BCUT2D eigenvalue weighted by atomic mass is 10.1. The van der Waals surface area contributed by atoms with Gasteiger partial charge in [0.05, 0.1) is 5.52 Å². The lowest BCUT2D eigenvalue weighted by Gasteiger charge is -2.15. The maximum absolute atomic E-state index is 11.9. The zero-order chi connectivity index (χ0) is 12.2. The van der Waals surface area contributed by atoms with Crippen molar-refractivity contribution in [3.63, 3.8) is 0 Å². The number of benzene rings is 1. The molecule has 0 bridgehead atoms. The van der Waals surface area contributed by atoms with Crippen molar-refractivity contribution in [2.75, 3.05) is 0 Å². The molecule has 1 aliphatic rings. The van der Waals surface area contributed by atoms with Crippen LogP contribution in [0, 0.1) is 0 Å². The van der Waals surface area contributed by atoms with Crippen LogP contribution in [0.1, 0.15) is 17.4 Å². The van der Waals surface area contributed by atoms with E-state index in [9.17, 15) is 9.90 Å². The van der Waals surface area contributed by atoms with Gasteiger partial charge in [-0.1, -0.05) is 18.2 Å². The summed E-state index contributed by atoms with van der Waals surface area (Å²) < 4.78 is 1.49. The van der Waals surface area contributed by atoms with Crippen molar-refractivity contribution in [1.29, 1.82) is 0 Å². The molecule has 0 radical (unpaired) electrons. The molecule has 1 aliphatic heterocycles. The van der Waals surface area contributed by atoms with Crippen molar-refractivity contribution >= 4 is 22.4 Å². The third kappa shape index (κ3) is 1.04. The van der Waals surface area contributed by atoms with Crippen LogP contribution in [0.5, 0.6) is 0 Å². The summed E-state index contributed by atoms with van der Waals surface area (Å²) in [5.74, 6) is -0.450. The number of hydrogen-bond donors (Lipinski definition) is 1. The Bertz CT molecular complexity index is 706. The predicted octanol–water partition coefficient (Wildman–Crippen LogP) is 1.17. The molecule has 0 fully saturated rings. The molecule has 0 saturated heterocycles. The molecule has 0 saturated carbocycles. The largest absolute Gasteiger partial charge is 0.392 e. The van der Waals surface area contributed by atoms with Crippen molar-refractivity contribution < 1.29 is 14.7 Å². The third-order valence-electron chi connectivity index (χ3n) is 3.14. The minimum atomic E-state index is -1.61. The van der Waals surface area contributed by atoms with Crippen LogP contribution in [0.2, 0.25) is 0 Å². The highest BCUT2D eigenvalue weighted by Crippen LogP contribution is 2.33. The molecule has 2 aromatic rings. The zero-order valence-electron chi connectivity index (χ0n) is 9.08. The van der Waals surface area contributed by atoms with E-state index in [1.807, 2.05) is 18.2 Å². The number of carbonyl (C=O) groups excluding carboxylic acids is 1. The Kier molecular flexibility index (Phi) is 1.71. The van der Waals surface area contributed by atoms with Gasteiger partial charge in [0.15, 0.2) is 0 Å². The molecule has 1 atom stereocenters. The number of carbonyl (C=O) groups is 1. The molecule has 17 heavy (non-hydrogen) atoms. The van der Waals surface area contributed by atoms with E-state index in [4.69, 9.17) is 5.53 Å².